The van der Waals surface area contributed by atoms with Crippen molar-refractivity contribution >= 4 is 23.9 Å². The number of ketones is 1. The molecule has 1 aromatic rings. The molecule has 2 atom stereocenters. The Morgan fingerprint density at radius 3 is 2.54 bits per heavy atom. The summed E-state index contributed by atoms with van der Waals surface area (Å²) in [6, 6.07) is 7.44. The molecule has 0 unspecified atom stereocenters. The number of benzene rings is 1. The molecule has 8 heteroatoms. The quantitative estimate of drug-likeness (QED) is 0.374. The van der Waals surface area contributed by atoms with E-state index in [1.165, 1.54) is 0 Å². The summed E-state index contributed by atoms with van der Waals surface area (Å²) in [5.74, 6) is -2.40. The molecular weight excluding hydrogens is 314 g/mol. The van der Waals surface area contributed by atoms with Gasteiger partial charge in [0.15, 0.2) is 6.10 Å². The smallest absolute Gasteiger partial charge is 0.326 e. The van der Waals surface area contributed by atoms with Crippen molar-refractivity contribution in [3.05, 3.63) is 41.4 Å². The highest BCUT2D eigenvalue weighted by molar-refractivity contribution is 6.25. The summed E-state index contributed by atoms with van der Waals surface area (Å²) in [5, 5.41) is 11.6. The number of nitrogens with zero attached hydrogens (tertiary/aromatic N) is 2. The summed E-state index contributed by atoms with van der Waals surface area (Å²) < 4.78 is 5.41. The number of carbonyl (C=O) groups excluding carboxylic acids is 2. The van der Waals surface area contributed by atoms with Gasteiger partial charge in [-0.2, -0.15) is 4.79 Å². The van der Waals surface area contributed by atoms with E-state index in [0.717, 1.165) is 0 Å². The average molecular weight is 333 g/mol. The van der Waals surface area contributed by atoms with Crippen LogP contribution in [0.5, 0.6) is 0 Å². The van der Waals surface area contributed by atoms with E-state index in [9.17, 15) is 19.5 Å². The lowest BCUT2D eigenvalue weighted by Gasteiger charge is -2.20. The Morgan fingerprint density at radius 1 is 1.33 bits per heavy atom. The molecule has 0 aromatic heterocycles. The molecule has 1 rings (SSSR count). The van der Waals surface area contributed by atoms with Gasteiger partial charge < -0.3 is 20.7 Å². The van der Waals surface area contributed by atoms with E-state index in [0.29, 0.717) is 11.8 Å². The van der Waals surface area contributed by atoms with Crippen LogP contribution < -0.4 is 5.32 Å². The van der Waals surface area contributed by atoms with Gasteiger partial charge in [-0.05, 0) is 18.9 Å². The zero-order chi connectivity index (χ0) is 17.9. The highest BCUT2D eigenvalue weighted by atomic mass is 16.5. The summed E-state index contributed by atoms with van der Waals surface area (Å²) >= 11 is 0. The fourth-order valence-electron chi connectivity index (χ4n) is 2.04. The highest BCUT2D eigenvalue weighted by Gasteiger charge is 2.27. The Morgan fingerprint density at radius 2 is 2.00 bits per heavy atom. The third kappa shape index (κ3) is 6.12. The maximum absolute atomic E-state index is 12.4. The predicted octanol–water partition coefficient (Wildman–Crippen LogP) is 0.983. The summed E-state index contributed by atoms with van der Waals surface area (Å²) in [6.07, 6.45) is -0.549. The normalized spacial score (nSPS) is 12.5. The first kappa shape index (κ1) is 19.2. The van der Waals surface area contributed by atoms with Crippen LogP contribution in [-0.4, -0.2) is 46.4 Å². The number of carbonyl (C=O) groups is 3. The third-order valence-electron chi connectivity index (χ3n) is 3.17. The molecule has 2 N–H and O–H groups in total. The number of carboxylic acid groups (broad SMARTS) is 1. The van der Waals surface area contributed by atoms with Gasteiger partial charge in [-0.3, -0.25) is 9.59 Å². The molecule has 0 saturated carbocycles. The molecule has 1 aromatic carbocycles. The van der Waals surface area contributed by atoms with Crippen LogP contribution in [0.3, 0.4) is 0 Å². The van der Waals surface area contributed by atoms with Crippen molar-refractivity contribution in [2.24, 2.45) is 0 Å². The second kappa shape index (κ2) is 10.0. The lowest BCUT2D eigenvalue weighted by molar-refractivity contribution is -0.144. The Bertz CT molecular complexity index is 626. The molecule has 0 bridgehead atoms. The van der Waals surface area contributed by atoms with E-state index in [-0.39, 0.29) is 19.4 Å². The summed E-state index contributed by atoms with van der Waals surface area (Å²) in [4.78, 5) is 37.5. The lowest BCUT2D eigenvalue weighted by Crippen LogP contribution is -2.43. The fraction of sp³-hybridized carbons (Fsp3) is 0.375. The third-order valence-corrected chi connectivity index (χ3v) is 3.17. The topological polar surface area (TPSA) is 129 Å². The van der Waals surface area contributed by atoms with Gasteiger partial charge >= 0.3 is 12.2 Å². The Labute approximate surface area is 139 Å². The molecule has 0 aliphatic carbocycles. The summed E-state index contributed by atoms with van der Waals surface area (Å²) in [6.45, 7) is 2.00. The molecule has 1 amide bonds. The average Bonchev–Trinajstić information content (AvgIpc) is 2.57. The number of nitrogens with one attached hydrogen (secondary N) is 1. The molecule has 0 heterocycles. The maximum atomic E-state index is 12.4. The number of rotatable bonds is 10. The molecule has 0 radical (unpaired) electrons. The van der Waals surface area contributed by atoms with Crippen molar-refractivity contribution in [1.82, 2.24) is 5.32 Å². The molecular formula is C16H19N3O5. The van der Waals surface area contributed by atoms with E-state index in [1.807, 2.05) is 0 Å². The molecule has 0 aliphatic rings. The minimum atomic E-state index is -1.26. The maximum Gasteiger partial charge on any atom is 0.326 e. The van der Waals surface area contributed by atoms with Gasteiger partial charge in [-0.1, -0.05) is 30.3 Å². The number of hydrogen-bond donors (Lipinski definition) is 2. The van der Waals surface area contributed by atoms with Crippen molar-refractivity contribution < 1.29 is 29.0 Å². The molecule has 0 spiro atoms. The van der Waals surface area contributed by atoms with Crippen LogP contribution in [0.2, 0.25) is 0 Å². The number of carboxylic acids is 1. The van der Waals surface area contributed by atoms with Crippen LogP contribution >= 0.6 is 0 Å². The van der Waals surface area contributed by atoms with Crippen LogP contribution in [0.25, 0.3) is 5.53 Å². The van der Waals surface area contributed by atoms with Crippen LogP contribution in [0, 0.1) is 0 Å². The van der Waals surface area contributed by atoms with Crippen LogP contribution in [-0.2, 0) is 19.1 Å². The zero-order valence-electron chi connectivity index (χ0n) is 13.2. The Hall–Kier alpha value is -2.83. The molecule has 0 fully saturated rings. The second-order valence-electron chi connectivity index (χ2n) is 4.90. The monoisotopic (exact) mass is 333 g/mol. The second-order valence-corrected chi connectivity index (χ2v) is 4.90. The predicted molar refractivity (Wildman–Crippen MR) is 84.3 cm³/mol. The van der Waals surface area contributed by atoms with Crippen molar-refractivity contribution in [3.63, 3.8) is 0 Å². The minimum Gasteiger partial charge on any atom is -0.480 e. The van der Waals surface area contributed by atoms with Gasteiger partial charge in [0.1, 0.15) is 6.04 Å². The number of aliphatic carboxylic acids is 1. The lowest BCUT2D eigenvalue weighted by atomic mass is 10.1. The van der Waals surface area contributed by atoms with Crippen molar-refractivity contribution in [1.29, 1.82) is 0 Å². The van der Waals surface area contributed by atoms with Crippen molar-refractivity contribution in [3.8, 4) is 0 Å². The van der Waals surface area contributed by atoms with E-state index >= 15 is 0 Å². The highest BCUT2D eigenvalue weighted by Crippen LogP contribution is 2.17. The van der Waals surface area contributed by atoms with Gasteiger partial charge in [0.25, 0.3) is 5.91 Å². The first-order valence-corrected chi connectivity index (χ1v) is 7.39. The molecule has 8 nitrogen and oxygen atoms in total. The number of Topliss-reactive ketones (excluding diaryl/α,β-unsaturated/α-hetero) is 1. The van der Waals surface area contributed by atoms with Gasteiger partial charge in [0.2, 0.25) is 5.78 Å². The van der Waals surface area contributed by atoms with E-state index < -0.39 is 29.8 Å². The number of hydrogen-bond acceptors (Lipinski definition) is 4. The first-order chi connectivity index (χ1) is 11.5. The van der Waals surface area contributed by atoms with Gasteiger partial charge in [-0.15, -0.1) is 0 Å². The van der Waals surface area contributed by atoms with Crippen LogP contribution in [0.4, 0.5) is 0 Å². The Kier molecular flexibility index (Phi) is 8.04. The first-order valence-electron chi connectivity index (χ1n) is 7.39. The molecule has 0 saturated heterocycles. The van der Waals surface area contributed by atoms with Gasteiger partial charge in [-0.25, -0.2) is 4.79 Å². The SMILES string of the molecule is CCO[C@H](C(=O)N[C@@H](CCC(=O)C=[N+]=[N-])C(=O)O)c1ccccc1. The minimum absolute atomic E-state index is 0.125. The largest absolute Gasteiger partial charge is 0.480 e. The summed E-state index contributed by atoms with van der Waals surface area (Å²) in [5.41, 5.74) is 8.86. The van der Waals surface area contributed by atoms with Crippen LogP contribution in [0.15, 0.2) is 30.3 Å². The van der Waals surface area contributed by atoms with E-state index in [1.54, 1.807) is 37.3 Å². The fourth-order valence-corrected chi connectivity index (χ4v) is 2.04. The van der Waals surface area contributed by atoms with Crippen molar-refractivity contribution in [2.75, 3.05) is 6.61 Å². The number of amides is 1. The van der Waals surface area contributed by atoms with E-state index in [2.05, 4.69) is 10.1 Å². The van der Waals surface area contributed by atoms with Crippen LogP contribution in [0.1, 0.15) is 31.4 Å². The summed E-state index contributed by atoms with van der Waals surface area (Å²) in [7, 11) is 0. The molecule has 24 heavy (non-hydrogen) atoms. The van der Waals surface area contributed by atoms with Crippen molar-refractivity contribution in [2.45, 2.75) is 31.9 Å². The Balaban J connectivity index is 2.79. The van der Waals surface area contributed by atoms with E-state index in [4.69, 9.17) is 10.3 Å². The van der Waals surface area contributed by atoms with Gasteiger partial charge in [0.05, 0.1) is 0 Å². The number of ether oxygens (including phenoxy) is 1. The molecule has 128 valence electrons. The zero-order valence-corrected chi connectivity index (χ0v) is 13.2. The molecule has 0 aliphatic heterocycles. The van der Waals surface area contributed by atoms with Gasteiger partial charge in [0, 0.05) is 13.0 Å². The standard InChI is InChI=1S/C16H19N3O5/c1-2-24-14(11-6-4-3-5-7-11)15(21)19-13(16(22)23)9-8-12(20)10-18-17/h3-7,10,13-14H,2,8-9H2,1H3,(H,19,21)(H,22,23)/t13-,14-/m0/s1.